The van der Waals surface area contributed by atoms with Crippen LogP contribution in [0.3, 0.4) is 0 Å². The topological polar surface area (TPSA) is 116 Å². The first-order valence-electron chi connectivity index (χ1n) is 11.3. The molecular weight excluding hydrogens is 470 g/mol. The van der Waals surface area contributed by atoms with Crippen LogP contribution in [0.25, 0.3) is 5.69 Å². The number of hydrogen-bond donors (Lipinski definition) is 1. The minimum Gasteiger partial charge on any atom is -0.481 e. The SMILES string of the molecule is COc1cc(NS(=O)(=O)c2ccc(-n3c(C)cc(C(=O)CN4CCCC4)c3C)cc2)nc(OC)n1. The molecule has 186 valence electrons. The second-order valence-corrected chi connectivity index (χ2v) is 10.1. The fourth-order valence-corrected chi connectivity index (χ4v) is 5.29. The number of benzene rings is 1. The Hall–Kier alpha value is -3.44. The lowest BCUT2D eigenvalue weighted by molar-refractivity contribution is 0.0944. The number of methoxy groups -OCH3 is 2. The van der Waals surface area contributed by atoms with Crippen molar-refractivity contribution in [3.8, 4) is 17.6 Å². The Morgan fingerprint density at radius 2 is 1.71 bits per heavy atom. The van der Waals surface area contributed by atoms with Crippen molar-refractivity contribution in [3.05, 3.63) is 53.3 Å². The molecule has 0 aliphatic carbocycles. The van der Waals surface area contributed by atoms with Crippen LogP contribution in [0.1, 0.15) is 34.6 Å². The maximum Gasteiger partial charge on any atom is 0.321 e. The standard InChI is InChI=1S/C24H29N5O5S/c1-16-13-20(21(30)15-28-11-5-6-12-28)17(2)29(16)18-7-9-19(10-8-18)35(31,32)27-22-14-23(33-3)26-24(25-22)34-4/h7-10,13-14H,5-6,11-12,15H2,1-4H3,(H,25,26,27). The van der Waals surface area contributed by atoms with E-state index in [1.807, 2.05) is 24.5 Å². The summed E-state index contributed by atoms with van der Waals surface area (Å²) in [6.45, 7) is 6.19. The van der Waals surface area contributed by atoms with Crippen LogP contribution < -0.4 is 14.2 Å². The molecule has 4 rings (SSSR count). The lowest BCUT2D eigenvalue weighted by Crippen LogP contribution is -2.27. The molecule has 35 heavy (non-hydrogen) atoms. The van der Waals surface area contributed by atoms with Crippen LogP contribution in [0.5, 0.6) is 11.9 Å². The second kappa shape index (κ2) is 10.0. The summed E-state index contributed by atoms with van der Waals surface area (Å²) in [5, 5.41) is 0. The van der Waals surface area contributed by atoms with Crippen molar-refractivity contribution in [2.75, 3.05) is 38.6 Å². The molecular formula is C24H29N5O5S. The number of anilines is 1. The third kappa shape index (κ3) is 5.30. The number of hydrogen-bond acceptors (Lipinski definition) is 8. The Labute approximate surface area is 205 Å². The number of aryl methyl sites for hydroxylation is 1. The number of rotatable bonds is 9. The van der Waals surface area contributed by atoms with Gasteiger partial charge in [-0.3, -0.25) is 14.4 Å². The van der Waals surface area contributed by atoms with Crippen molar-refractivity contribution in [3.63, 3.8) is 0 Å². The Balaban J connectivity index is 1.56. The minimum absolute atomic E-state index is 0.0222. The molecule has 3 aromatic rings. The number of sulfonamides is 1. The fraction of sp³-hybridized carbons (Fsp3) is 0.375. The molecule has 0 unspecified atom stereocenters. The van der Waals surface area contributed by atoms with Crippen molar-refractivity contribution in [2.24, 2.45) is 0 Å². The van der Waals surface area contributed by atoms with Crippen LogP contribution in [0.2, 0.25) is 0 Å². The summed E-state index contributed by atoms with van der Waals surface area (Å²) in [5.41, 5.74) is 3.20. The zero-order valence-corrected chi connectivity index (χ0v) is 21.1. The molecule has 0 bridgehead atoms. The van der Waals surface area contributed by atoms with Gasteiger partial charge in [0.05, 0.1) is 25.7 Å². The molecule has 1 N–H and O–H groups in total. The van der Waals surface area contributed by atoms with Gasteiger partial charge in [-0.1, -0.05) is 0 Å². The third-order valence-corrected chi connectivity index (χ3v) is 7.39. The average Bonchev–Trinajstić information content (AvgIpc) is 3.45. The van der Waals surface area contributed by atoms with Gasteiger partial charge in [-0.25, -0.2) is 8.42 Å². The van der Waals surface area contributed by atoms with Crippen LogP contribution in [0.4, 0.5) is 5.82 Å². The first-order chi connectivity index (χ1) is 16.7. The Morgan fingerprint density at radius 1 is 1.03 bits per heavy atom. The molecule has 0 radical (unpaired) electrons. The smallest absolute Gasteiger partial charge is 0.321 e. The van der Waals surface area contributed by atoms with Crippen LogP contribution in [0, 0.1) is 13.8 Å². The molecule has 0 saturated carbocycles. The van der Waals surface area contributed by atoms with Gasteiger partial charge in [0.2, 0.25) is 5.88 Å². The number of carbonyl (C=O) groups excluding carboxylic acids is 1. The van der Waals surface area contributed by atoms with E-state index >= 15 is 0 Å². The Kier molecular flexibility index (Phi) is 7.08. The number of carbonyl (C=O) groups is 1. The molecule has 0 atom stereocenters. The van der Waals surface area contributed by atoms with Crippen LogP contribution in [0.15, 0.2) is 41.3 Å². The van der Waals surface area contributed by atoms with E-state index in [4.69, 9.17) is 9.47 Å². The number of ketones is 1. The van der Waals surface area contributed by atoms with Gasteiger partial charge >= 0.3 is 6.01 Å². The van der Waals surface area contributed by atoms with Gasteiger partial charge in [0.15, 0.2) is 11.6 Å². The van der Waals surface area contributed by atoms with E-state index in [0.717, 1.165) is 43.0 Å². The van der Waals surface area contributed by atoms with Crippen LogP contribution >= 0.6 is 0 Å². The molecule has 10 nitrogen and oxygen atoms in total. The van der Waals surface area contributed by atoms with Gasteiger partial charge in [0.25, 0.3) is 10.0 Å². The molecule has 0 spiro atoms. The van der Waals surface area contributed by atoms with Crippen molar-refractivity contribution >= 4 is 21.6 Å². The number of likely N-dealkylation sites (tertiary alicyclic amines) is 1. The van der Waals surface area contributed by atoms with E-state index in [0.29, 0.717) is 12.1 Å². The summed E-state index contributed by atoms with van der Waals surface area (Å²) in [7, 11) is -1.13. The average molecular weight is 500 g/mol. The Morgan fingerprint density at radius 3 is 2.34 bits per heavy atom. The van der Waals surface area contributed by atoms with E-state index in [1.165, 1.54) is 32.4 Å². The summed E-state index contributed by atoms with van der Waals surface area (Å²) < 4.78 is 40.3. The highest BCUT2D eigenvalue weighted by molar-refractivity contribution is 7.92. The minimum atomic E-state index is -3.92. The molecule has 0 amide bonds. The Bertz CT molecular complexity index is 1310. The molecule has 1 aliphatic heterocycles. The van der Waals surface area contributed by atoms with E-state index in [2.05, 4.69) is 19.6 Å². The molecule has 1 aliphatic rings. The number of ether oxygens (including phenoxy) is 2. The van der Waals surface area contributed by atoms with Gasteiger partial charge in [0, 0.05) is 28.7 Å². The lowest BCUT2D eigenvalue weighted by atomic mass is 10.1. The first kappa shape index (κ1) is 24.7. The van der Waals surface area contributed by atoms with Gasteiger partial charge in [0.1, 0.15) is 0 Å². The molecule has 11 heteroatoms. The predicted molar refractivity (Wildman–Crippen MR) is 131 cm³/mol. The van der Waals surface area contributed by atoms with E-state index < -0.39 is 10.0 Å². The largest absolute Gasteiger partial charge is 0.481 e. The van der Waals surface area contributed by atoms with Gasteiger partial charge in [-0.05, 0) is 70.1 Å². The highest BCUT2D eigenvalue weighted by Crippen LogP contribution is 2.25. The zero-order valence-electron chi connectivity index (χ0n) is 20.2. The summed E-state index contributed by atoms with van der Waals surface area (Å²) >= 11 is 0. The monoisotopic (exact) mass is 499 g/mol. The molecule has 1 aromatic carbocycles. The van der Waals surface area contributed by atoms with E-state index in [-0.39, 0.29) is 28.4 Å². The molecule has 1 fully saturated rings. The van der Waals surface area contributed by atoms with Crippen LogP contribution in [-0.4, -0.2) is 67.5 Å². The predicted octanol–water partition coefficient (Wildman–Crippen LogP) is 2.98. The van der Waals surface area contributed by atoms with E-state index in [1.54, 1.807) is 12.1 Å². The number of Topliss-reactive ketones (excluding diaryl/α,β-unsaturated/α-hetero) is 1. The van der Waals surface area contributed by atoms with Crippen molar-refractivity contribution in [1.82, 2.24) is 19.4 Å². The third-order valence-electron chi connectivity index (χ3n) is 6.02. The maximum atomic E-state index is 12.9. The van der Waals surface area contributed by atoms with Crippen molar-refractivity contribution in [1.29, 1.82) is 0 Å². The van der Waals surface area contributed by atoms with Crippen molar-refractivity contribution in [2.45, 2.75) is 31.6 Å². The molecule has 1 saturated heterocycles. The van der Waals surface area contributed by atoms with Crippen molar-refractivity contribution < 1.29 is 22.7 Å². The molecule has 2 aromatic heterocycles. The maximum absolute atomic E-state index is 12.9. The van der Waals surface area contributed by atoms with Gasteiger partial charge < -0.3 is 14.0 Å². The normalized spacial score (nSPS) is 14.2. The highest BCUT2D eigenvalue weighted by atomic mass is 32.2. The van der Waals surface area contributed by atoms with Gasteiger partial charge in [-0.2, -0.15) is 9.97 Å². The quantitative estimate of drug-likeness (QED) is 0.447. The van der Waals surface area contributed by atoms with E-state index in [9.17, 15) is 13.2 Å². The lowest BCUT2D eigenvalue weighted by Gasteiger charge is -2.14. The summed E-state index contributed by atoms with van der Waals surface area (Å²) in [4.78, 5) is 23.1. The summed E-state index contributed by atoms with van der Waals surface area (Å²) in [5.74, 6) is 0.292. The summed E-state index contributed by atoms with van der Waals surface area (Å²) in [6.07, 6.45) is 2.27. The number of aromatic nitrogens is 3. The number of nitrogens with one attached hydrogen (secondary N) is 1. The second-order valence-electron chi connectivity index (χ2n) is 8.41. The summed E-state index contributed by atoms with van der Waals surface area (Å²) in [6, 6.07) is 9.69. The first-order valence-corrected chi connectivity index (χ1v) is 12.7. The fourth-order valence-electron chi connectivity index (χ4n) is 4.29. The zero-order chi connectivity index (χ0) is 25.2. The number of nitrogens with zero attached hydrogens (tertiary/aromatic N) is 4. The highest BCUT2D eigenvalue weighted by Gasteiger charge is 2.22. The van der Waals surface area contributed by atoms with Gasteiger partial charge in [-0.15, -0.1) is 0 Å². The van der Waals surface area contributed by atoms with Crippen LogP contribution in [-0.2, 0) is 10.0 Å². The molecule has 3 heterocycles.